The van der Waals surface area contributed by atoms with Gasteiger partial charge in [-0.05, 0) is 26.7 Å². The highest BCUT2D eigenvalue weighted by Gasteiger charge is 2.44. The number of hydrogen-bond donors (Lipinski definition) is 0. The van der Waals surface area contributed by atoms with Crippen molar-refractivity contribution in [3.8, 4) is 0 Å². The van der Waals surface area contributed by atoms with E-state index in [2.05, 4.69) is 13.8 Å². The van der Waals surface area contributed by atoms with Crippen LogP contribution in [0.1, 0.15) is 52.9 Å². The molecule has 0 radical (unpaired) electrons. The topological polar surface area (TPSA) is 47.9 Å². The number of rotatable bonds is 3. The van der Waals surface area contributed by atoms with Gasteiger partial charge in [-0.25, -0.2) is 4.99 Å². The van der Waals surface area contributed by atoms with Crippen LogP contribution in [-0.4, -0.2) is 30.6 Å². The van der Waals surface area contributed by atoms with Crippen molar-refractivity contribution in [2.45, 2.75) is 58.4 Å². The molecular formula is C14H23NO3. The van der Waals surface area contributed by atoms with E-state index in [0.29, 0.717) is 13.2 Å². The molecular weight excluding hydrogens is 230 g/mol. The highest BCUT2D eigenvalue weighted by molar-refractivity contribution is 5.85. The molecule has 0 saturated heterocycles. The molecule has 18 heavy (non-hydrogen) atoms. The lowest BCUT2D eigenvalue weighted by atomic mass is 9.74. The molecule has 0 aromatic carbocycles. The van der Waals surface area contributed by atoms with Gasteiger partial charge in [-0.15, -0.1) is 0 Å². The Hall–Kier alpha value is -1.06. The summed E-state index contributed by atoms with van der Waals surface area (Å²) in [4.78, 5) is 15.8. The largest absolute Gasteiger partial charge is 0.478 e. The summed E-state index contributed by atoms with van der Waals surface area (Å²) in [5, 5.41) is 0. The van der Waals surface area contributed by atoms with Crippen molar-refractivity contribution in [2.24, 2.45) is 10.4 Å². The van der Waals surface area contributed by atoms with Gasteiger partial charge in [-0.1, -0.05) is 19.3 Å². The van der Waals surface area contributed by atoms with Gasteiger partial charge >= 0.3 is 5.97 Å². The van der Waals surface area contributed by atoms with Crippen molar-refractivity contribution in [3.05, 3.63) is 0 Å². The van der Waals surface area contributed by atoms with E-state index in [4.69, 9.17) is 14.5 Å². The van der Waals surface area contributed by atoms with Crippen LogP contribution in [0.25, 0.3) is 0 Å². The Morgan fingerprint density at radius 1 is 1.33 bits per heavy atom. The fourth-order valence-corrected chi connectivity index (χ4v) is 2.74. The number of carbonyl (C=O) groups is 1. The summed E-state index contributed by atoms with van der Waals surface area (Å²) in [5.41, 5.74) is -0.312. The van der Waals surface area contributed by atoms with E-state index in [-0.39, 0.29) is 16.9 Å². The highest BCUT2D eigenvalue weighted by Crippen LogP contribution is 2.41. The highest BCUT2D eigenvalue weighted by atomic mass is 16.5. The molecule has 0 spiro atoms. The van der Waals surface area contributed by atoms with Crippen LogP contribution in [0.15, 0.2) is 4.99 Å². The van der Waals surface area contributed by atoms with Crippen LogP contribution in [0.5, 0.6) is 0 Å². The summed E-state index contributed by atoms with van der Waals surface area (Å²) in [6.45, 7) is 6.64. The van der Waals surface area contributed by atoms with Crippen molar-refractivity contribution in [3.63, 3.8) is 0 Å². The normalized spacial score (nSPS) is 25.2. The van der Waals surface area contributed by atoms with E-state index in [9.17, 15) is 4.79 Å². The molecule has 4 nitrogen and oxygen atoms in total. The number of aliphatic imine (C=N–C) groups is 1. The lowest BCUT2D eigenvalue weighted by Gasteiger charge is -2.35. The maximum Gasteiger partial charge on any atom is 0.302 e. The maximum absolute atomic E-state index is 11.1. The van der Waals surface area contributed by atoms with Crippen LogP contribution in [0.4, 0.5) is 0 Å². The second-order valence-corrected chi connectivity index (χ2v) is 6.14. The minimum Gasteiger partial charge on any atom is -0.478 e. The number of carbonyl (C=O) groups excluding carboxylic acids is 1. The summed E-state index contributed by atoms with van der Waals surface area (Å²) in [6, 6.07) is 0. The molecule has 0 unspecified atom stereocenters. The van der Waals surface area contributed by atoms with Gasteiger partial charge in [0.25, 0.3) is 0 Å². The number of hydrogen-bond acceptors (Lipinski definition) is 4. The van der Waals surface area contributed by atoms with Crippen LogP contribution >= 0.6 is 0 Å². The number of esters is 1. The molecule has 0 atom stereocenters. The van der Waals surface area contributed by atoms with E-state index in [1.165, 1.54) is 13.3 Å². The summed E-state index contributed by atoms with van der Waals surface area (Å²) in [5.74, 6) is 0.589. The Balaban J connectivity index is 2.16. The van der Waals surface area contributed by atoms with Crippen molar-refractivity contribution in [1.29, 1.82) is 0 Å². The Morgan fingerprint density at radius 2 is 2.00 bits per heavy atom. The molecule has 2 rings (SSSR count). The molecule has 0 amide bonds. The third kappa shape index (κ3) is 2.85. The van der Waals surface area contributed by atoms with Gasteiger partial charge in [0, 0.05) is 6.92 Å². The standard InChI is InChI=1S/C14H23NO3/c1-11(16)17-10-14(7-5-4-6-8-14)12-15-13(2,3)9-18-12/h4-10H2,1-3H3. The molecule has 4 heteroatoms. The third-order valence-electron chi connectivity index (χ3n) is 3.78. The van der Waals surface area contributed by atoms with Gasteiger partial charge in [0.15, 0.2) is 5.90 Å². The number of nitrogens with zero attached hydrogens (tertiary/aromatic N) is 1. The summed E-state index contributed by atoms with van der Waals surface area (Å²) >= 11 is 0. The molecule has 1 fully saturated rings. The third-order valence-corrected chi connectivity index (χ3v) is 3.78. The molecule has 1 aliphatic heterocycles. The first-order valence-electron chi connectivity index (χ1n) is 6.80. The summed E-state index contributed by atoms with van der Waals surface area (Å²) in [7, 11) is 0. The van der Waals surface area contributed by atoms with Gasteiger partial charge in [0.2, 0.25) is 0 Å². The molecule has 0 bridgehead atoms. The van der Waals surface area contributed by atoms with Crippen LogP contribution < -0.4 is 0 Å². The average molecular weight is 253 g/mol. The van der Waals surface area contributed by atoms with Gasteiger partial charge < -0.3 is 9.47 Å². The second kappa shape index (κ2) is 4.90. The zero-order chi connectivity index (χ0) is 13.2. The first-order chi connectivity index (χ1) is 8.44. The Labute approximate surface area is 109 Å². The maximum atomic E-state index is 11.1. The lowest BCUT2D eigenvalue weighted by Crippen LogP contribution is -2.38. The second-order valence-electron chi connectivity index (χ2n) is 6.14. The molecule has 0 aromatic rings. The van der Waals surface area contributed by atoms with E-state index < -0.39 is 0 Å². The monoisotopic (exact) mass is 253 g/mol. The molecule has 102 valence electrons. The van der Waals surface area contributed by atoms with E-state index in [0.717, 1.165) is 31.6 Å². The van der Waals surface area contributed by atoms with Crippen LogP contribution in [-0.2, 0) is 14.3 Å². The fraction of sp³-hybridized carbons (Fsp3) is 0.857. The van der Waals surface area contributed by atoms with Crippen molar-refractivity contribution < 1.29 is 14.3 Å². The lowest BCUT2D eigenvalue weighted by molar-refractivity contribution is -0.144. The molecule has 1 heterocycles. The van der Waals surface area contributed by atoms with Crippen molar-refractivity contribution >= 4 is 11.9 Å². The van der Waals surface area contributed by atoms with Crippen LogP contribution in [0.3, 0.4) is 0 Å². The van der Waals surface area contributed by atoms with E-state index in [1.807, 2.05) is 0 Å². The molecule has 0 N–H and O–H groups in total. The van der Waals surface area contributed by atoms with Gasteiger partial charge in [-0.3, -0.25) is 4.79 Å². The zero-order valence-electron chi connectivity index (χ0n) is 11.6. The predicted octanol–water partition coefficient (Wildman–Crippen LogP) is 2.71. The number of ether oxygens (including phenoxy) is 2. The summed E-state index contributed by atoms with van der Waals surface area (Å²) < 4.78 is 11.1. The minimum absolute atomic E-state index is 0.143. The average Bonchev–Trinajstić information content (AvgIpc) is 2.69. The Morgan fingerprint density at radius 3 is 2.50 bits per heavy atom. The first kappa shape index (κ1) is 13.4. The quantitative estimate of drug-likeness (QED) is 0.727. The smallest absolute Gasteiger partial charge is 0.302 e. The van der Waals surface area contributed by atoms with Crippen molar-refractivity contribution in [1.82, 2.24) is 0 Å². The van der Waals surface area contributed by atoms with Crippen LogP contribution in [0, 0.1) is 5.41 Å². The summed E-state index contributed by atoms with van der Waals surface area (Å²) in [6.07, 6.45) is 5.58. The molecule has 2 aliphatic rings. The SMILES string of the molecule is CC(=O)OCC1(C2=NC(C)(C)CO2)CCCCC1. The van der Waals surface area contributed by atoms with Gasteiger partial charge in [-0.2, -0.15) is 0 Å². The van der Waals surface area contributed by atoms with Gasteiger partial charge in [0.1, 0.15) is 13.2 Å². The van der Waals surface area contributed by atoms with E-state index >= 15 is 0 Å². The Bertz CT molecular complexity index is 354. The predicted molar refractivity (Wildman–Crippen MR) is 69.6 cm³/mol. The van der Waals surface area contributed by atoms with Crippen molar-refractivity contribution in [2.75, 3.05) is 13.2 Å². The molecule has 0 aromatic heterocycles. The van der Waals surface area contributed by atoms with E-state index in [1.54, 1.807) is 0 Å². The molecule has 1 aliphatic carbocycles. The fourth-order valence-electron chi connectivity index (χ4n) is 2.74. The zero-order valence-corrected chi connectivity index (χ0v) is 11.6. The van der Waals surface area contributed by atoms with Crippen LogP contribution in [0.2, 0.25) is 0 Å². The Kier molecular flexibility index (Phi) is 3.64. The van der Waals surface area contributed by atoms with Gasteiger partial charge in [0.05, 0.1) is 11.0 Å². The first-order valence-corrected chi connectivity index (χ1v) is 6.80. The minimum atomic E-state index is -0.224. The molecule has 1 saturated carbocycles.